The van der Waals surface area contributed by atoms with Crippen LogP contribution in [0.2, 0.25) is 0 Å². The van der Waals surface area contributed by atoms with Crippen LogP contribution >= 0.6 is 31.9 Å². The Labute approximate surface area is 98.0 Å². The standard InChI is InChI=1S/C8H8Br2N2O2/c1-14-4-2-5(9)7(6(10)3-4)8(13)12-11/h2-3H,11H2,1H3,(H,12,13). The number of halogens is 2. The SMILES string of the molecule is COc1cc(Br)c(C(=O)NN)c(Br)c1. The summed E-state index contributed by atoms with van der Waals surface area (Å²) in [6.07, 6.45) is 0. The Kier molecular flexibility index (Phi) is 3.91. The van der Waals surface area contributed by atoms with E-state index in [9.17, 15) is 4.79 Å². The molecule has 0 aliphatic heterocycles. The van der Waals surface area contributed by atoms with Crippen LogP contribution in [-0.2, 0) is 0 Å². The lowest BCUT2D eigenvalue weighted by molar-refractivity contribution is 0.0952. The summed E-state index contributed by atoms with van der Waals surface area (Å²) >= 11 is 6.51. The third-order valence-corrected chi connectivity index (χ3v) is 2.86. The number of hydrogen-bond donors (Lipinski definition) is 2. The minimum absolute atomic E-state index is 0.369. The summed E-state index contributed by atoms with van der Waals surface area (Å²) in [4.78, 5) is 11.3. The van der Waals surface area contributed by atoms with Gasteiger partial charge in [-0.1, -0.05) is 0 Å². The van der Waals surface area contributed by atoms with Gasteiger partial charge in [-0.15, -0.1) is 0 Å². The number of nitrogens with two attached hydrogens (primary N) is 1. The van der Waals surface area contributed by atoms with Crippen molar-refractivity contribution in [1.82, 2.24) is 5.43 Å². The summed E-state index contributed by atoms with van der Waals surface area (Å²) < 4.78 is 6.26. The number of carbonyl (C=O) groups excluding carboxylic acids is 1. The molecule has 0 fully saturated rings. The van der Waals surface area contributed by atoms with E-state index in [0.717, 1.165) is 0 Å². The van der Waals surface area contributed by atoms with Crippen LogP contribution in [0.4, 0.5) is 0 Å². The lowest BCUT2D eigenvalue weighted by Crippen LogP contribution is -2.30. The molecule has 0 aliphatic rings. The van der Waals surface area contributed by atoms with Crippen LogP contribution in [-0.4, -0.2) is 13.0 Å². The average molecular weight is 324 g/mol. The molecule has 1 aromatic rings. The van der Waals surface area contributed by atoms with Crippen molar-refractivity contribution in [3.05, 3.63) is 26.6 Å². The molecule has 1 amide bonds. The van der Waals surface area contributed by atoms with Gasteiger partial charge in [-0.25, -0.2) is 5.84 Å². The van der Waals surface area contributed by atoms with E-state index in [4.69, 9.17) is 10.6 Å². The van der Waals surface area contributed by atoms with Crippen LogP contribution in [0, 0.1) is 0 Å². The summed E-state index contributed by atoms with van der Waals surface area (Å²) in [6.45, 7) is 0. The highest BCUT2D eigenvalue weighted by Crippen LogP contribution is 2.30. The van der Waals surface area contributed by atoms with Crippen molar-refractivity contribution in [3.8, 4) is 5.75 Å². The number of rotatable bonds is 2. The predicted octanol–water partition coefficient (Wildman–Crippen LogP) is 1.82. The Morgan fingerprint density at radius 2 is 1.93 bits per heavy atom. The topological polar surface area (TPSA) is 64.3 Å². The fourth-order valence-electron chi connectivity index (χ4n) is 0.957. The Hall–Kier alpha value is -0.590. The van der Waals surface area contributed by atoms with Gasteiger partial charge in [0.2, 0.25) is 0 Å². The van der Waals surface area contributed by atoms with Gasteiger partial charge in [-0.05, 0) is 44.0 Å². The highest BCUT2D eigenvalue weighted by molar-refractivity contribution is 9.11. The first-order valence-electron chi connectivity index (χ1n) is 3.64. The molecular weight excluding hydrogens is 316 g/mol. The van der Waals surface area contributed by atoms with Crippen LogP contribution in [0.15, 0.2) is 21.1 Å². The number of benzene rings is 1. The molecule has 0 spiro atoms. The molecule has 1 rings (SSSR count). The Morgan fingerprint density at radius 1 is 1.43 bits per heavy atom. The Balaban J connectivity index is 3.25. The van der Waals surface area contributed by atoms with Gasteiger partial charge in [0.05, 0.1) is 12.7 Å². The average Bonchev–Trinajstić information content (AvgIpc) is 2.16. The van der Waals surface area contributed by atoms with E-state index in [1.807, 2.05) is 0 Å². The van der Waals surface area contributed by atoms with Crippen molar-refractivity contribution in [2.24, 2.45) is 5.84 Å². The predicted molar refractivity (Wildman–Crippen MR) is 60.0 cm³/mol. The summed E-state index contributed by atoms with van der Waals surface area (Å²) in [5.74, 6) is 5.32. The number of carbonyl (C=O) groups is 1. The maximum Gasteiger partial charge on any atom is 0.267 e. The second kappa shape index (κ2) is 4.77. The minimum atomic E-state index is -0.369. The van der Waals surface area contributed by atoms with Gasteiger partial charge >= 0.3 is 0 Å². The highest BCUT2D eigenvalue weighted by Gasteiger charge is 2.14. The normalized spacial score (nSPS) is 9.71. The van der Waals surface area contributed by atoms with Gasteiger partial charge < -0.3 is 4.74 Å². The highest BCUT2D eigenvalue weighted by atomic mass is 79.9. The second-order valence-electron chi connectivity index (χ2n) is 2.44. The molecule has 14 heavy (non-hydrogen) atoms. The molecular formula is C8H8Br2N2O2. The molecule has 0 aromatic heterocycles. The van der Waals surface area contributed by atoms with Gasteiger partial charge in [-0.2, -0.15) is 0 Å². The van der Waals surface area contributed by atoms with E-state index in [1.165, 1.54) is 0 Å². The summed E-state index contributed by atoms with van der Waals surface area (Å²) in [5, 5.41) is 0. The molecule has 0 unspecified atom stereocenters. The maximum absolute atomic E-state index is 11.3. The molecule has 3 N–H and O–H groups in total. The molecule has 0 saturated carbocycles. The zero-order valence-electron chi connectivity index (χ0n) is 7.30. The van der Waals surface area contributed by atoms with E-state index in [2.05, 4.69) is 37.3 Å². The van der Waals surface area contributed by atoms with Crippen molar-refractivity contribution in [1.29, 1.82) is 0 Å². The third-order valence-electron chi connectivity index (χ3n) is 1.61. The molecule has 0 atom stereocenters. The fourth-order valence-corrected chi connectivity index (χ4v) is 2.46. The third kappa shape index (κ3) is 2.26. The number of nitrogens with one attached hydrogen (secondary N) is 1. The fraction of sp³-hybridized carbons (Fsp3) is 0.125. The van der Waals surface area contributed by atoms with E-state index >= 15 is 0 Å². The van der Waals surface area contributed by atoms with E-state index in [-0.39, 0.29) is 5.91 Å². The number of ether oxygens (including phenoxy) is 1. The molecule has 1 aromatic carbocycles. The van der Waals surface area contributed by atoms with Gasteiger partial charge in [0.25, 0.3) is 5.91 Å². The molecule has 0 radical (unpaired) electrons. The Morgan fingerprint density at radius 3 is 2.29 bits per heavy atom. The van der Waals surface area contributed by atoms with Crippen LogP contribution in [0.5, 0.6) is 5.75 Å². The zero-order valence-corrected chi connectivity index (χ0v) is 10.5. The van der Waals surface area contributed by atoms with Crippen LogP contribution in [0.1, 0.15) is 10.4 Å². The lowest BCUT2D eigenvalue weighted by atomic mass is 10.2. The molecule has 6 heteroatoms. The van der Waals surface area contributed by atoms with E-state index < -0.39 is 0 Å². The van der Waals surface area contributed by atoms with Gasteiger partial charge in [0.1, 0.15) is 5.75 Å². The van der Waals surface area contributed by atoms with Crippen LogP contribution in [0.3, 0.4) is 0 Å². The summed E-state index contributed by atoms with van der Waals surface area (Å²) in [7, 11) is 1.55. The van der Waals surface area contributed by atoms with Crippen molar-refractivity contribution in [2.45, 2.75) is 0 Å². The second-order valence-corrected chi connectivity index (χ2v) is 4.15. The largest absolute Gasteiger partial charge is 0.497 e. The van der Waals surface area contributed by atoms with Gasteiger partial charge in [-0.3, -0.25) is 10.2 Å². The van der Waals surface area contributed by atoms with Crippen LogP contribution in [0.25, 0.3) is 0 Å². The van der Waals surface area contributed by atoms with Crippen LogP contribution < -0.4 is 16.0 Å². The summed E-state index contributed by atoms with van der Waals surface area (Å²) in [6, 6.07) is 3.38. The minimum Gasteiger partial charge on any atom is -0.497 e. The molecule has 4 nitrogen and oxygen atoms in total. The number of hydrogen-bond acceptors (Lipinski definition) is 3. The summed E-state index contributed by atoms with van der Waals surface area (Å²) in [5.41, 5.74) is 2.50. The quantitative estimate of drug-likeness (QED) is 0.496. The van der Waals surface area contributed by atoms with E-state index in [0.29, 0.717) is 20.3 Å². The van der Waals surface area contributed by atoms with Gasteiger partial charge in [0.15, 0.2) is 0 Å². The number of hydrazine groups is 1. The zero-order chi connectivity index (χ0) is 10.7. The first-order valence-corrected chi connectivity index (χ1v) is 5.22. The van der Waals surface area contributed by atoms with Gasteiger partial charge in [0, 0.05) is 8.95 Å². The maximum atomic E-state index is 11.3. The smallest absolute Gasteiger partial charge is 0.267 e. The number of nitrogen functional groups attached to an aromatic ring is 1. The number of methoxy groups -OCH3 is 1. The number of amides is 1. The molecule has 0 heterocycles. The first kappa shape index (κ1) is 11.5. The van der Waals surface area contributed by atoms with E-state index in [1.54, 1.807) is 19.2 Å². The van der Waals surface area contributed by atoms with Crippen molar-refractivity contribution >= 4 is 37.8 Å². The molecule has 0 saturated heterocycles. The lowest BCUT2D eigenvalue weighted by Gasteiger charge is -2.08. The van der Waals surface area contributed by atoms with Crippen molar-refractivity contribution < 1.29 is 9.53 Å². The molecule has 0 aliphatic carbocycles. The molecule has 76 valence electrons. The van der Waals surface area contributed by atoms with Crippen molar-refractivity contribution in [2.75, 3.05) is 7.11 Å². The Bertz CT molecular complexity index is 345. The monoisotopic (exact) mass is 322 g/mol. The molecule has 0 bridgehead atoms. The van der Waals surface area contributed by atoms with Crippen molar-refractivity contribution in [3.63, 3.8) is 0 Å². The first-order chi connectivity index (χ1) is 6.60.